The molecule has 1 saturated heterocycles. The van der Waals surface area contributed by atoms with Crippen LogP contribution in [0.5, 0.6) is 0 Å². The zero-order valence-electron chi connectivity index (χ0n) is 15.8. The van der Waals surface area contributed by atoms with Crippen molar-refractivity contribution in [3.05, 3.63) is 71.9 Å². The molecule has 1 N–H and O–H groups in total. The van der Waals surface area contributed by atoms with Crippen LogP contribution in [-0.2, 0) is 0 Å². The van der Waals surface area contributed by atoms with Crippen molar-refractivity contribution in [2.75, 3.05) is 24.5 Å². The van der Waals surface area contributed by atoms with Crippen molar-refractivity contribution in [1.29, 1.82) is 0 Å². The molecule has 0 spiro atoms. The first-order valence-corrected chi connectivity index (χ1v) is 9.60. The maximum Gasteiger partial charge on any atom is 0.273 e. The highest BCUT2D eigenvalue weighted by atomic mass is 19.1. The van der Waals surface area contributed by atoms with Crippen LogP contribution in [0.15, 0.2) is 59.1 Å². The first-order valence-electron chi connectivity index (χ1n) is 9.60. The normalized spacial score (nSPS) is 14.8. The van der Waals surface area contributed by atoms with Gasteiger partial charge in [-0.15, -0.1) is 0 Å². The quantitative estimate of drug-likeness (QED) is 0.699. The lowest BCUT2D eigenvalue weighted by Gasteiger charge is -2.33. The number of hydrogen-bond donors (Lipinski definition) is 1. The molecule has 1 fully saturated rings. The Labute approximate surface area is 167 Å². The Balaban J connectivity index is 1.30. The first-order chi connectivity index (χ1) is 14.1. The first kappa shape index (κ1) is 19.1. The third kappa shape index (κ3) is 4.45. The molecule has 4 rings (SSSR count). The highest BCUT2D eigenvalue weighted by Gasteiger charge is 2.21. The van der Waals surface area contributed by atoms with Crippen molar-refractivity contribution in [1.82, 2.24) is 10.5 Å². The van der Waals surface area contributed by atoms with E-state index in [1.807, 2.05) is 18.2 Å². The van der Waals surface area contributed by atoms with Crippen LogP contribution in [0.25, 0.3) is 11.3 Å². The Morgan fingerprint density at radius 1 is 1.10 bits per heavy atom. The van der Waals surface area contributed by atoms with E-state index in [4.69, 9.17) is 4.52 Å². The summed E-state index contributed by atoms with van der Waals surface area (Å²) < 4.78 is 32.0. The second-order valence-corrected chi connectivity index (χ2v) is 7.18. The highest BCUT2D eigenvalue weighted by molar-refractivity contribution is 5.93. The lowest BCUT2D eigenvalue weighted by atomic mass is 9.96. The molecule has 0 radical (unpaired) electrons. The van der Waals surface area contributed by atoms with Crippen molar-refractivity contribution in [2.24, 2.45) is 5.92 Å². The molecule has 2 aromatic carbocycles. The van der Waals surface area contributed by atoms with Gasteiger partial charge in [0.05, 0.1) is 5.56 Å². The van der Waals surface area contributed by atoms with Gasteiger partial charge in [-0.25, -0.2) is 8.78 Å². The lowest BCUT2D eigenvalue weighted by molar-refractivity contribution is 0.0936. The number of halogens is 2. The van der Waals surface area contributed by atoms with Gasteiger partial charge in [0.2, 0.25) is 0 Å². The van der Waals surface area contributed by atoms with Crippen LogP contribution < -0.4 is 10.2 Å². The van der Waals surface area contributed by atoms with Crippen molar-refractivity contribution in [3.8, 4) is 11.3 Å². The van der Waals surface area contributed by atoms with Crippen molar-refractivity contribution < 1.29 is 18.1 Å². The molecule has 0 aliphatic carbocycles. The smallest absolute Gasteiger partial charge is 0.273 e. The standard InChI is InChI=1S/C22H21F2N3O2/c23-16-6-7-18(19(24)12-16)21-13-20(26-29-21)22(28)25-14-15-8-10-27(11-9-15)17-4-2-1-3-5-17/h1-7,12-13,15H,8-11,14H2,(H,25,28). The molecule has 1 aromatic heterocycles. The third-order valence-electron chi connectivity index (χ3n) is 5.23. The third-order valence-corrected chi connectivity index (χ3v) is 5.23. The molecule has 3 aromatic rings. The van der Waals surface area contributed by atoms with Crippen LogP contribution in [-0.4, -0.2) is 30.7 Å². The van der Waals surface area contributed by atoms with Gasteiger partial charge in [-0.2, -0.15) is 0 Å². The molecule has 29 heavy (non-hydrogen) atoms. The van der Waals surface area contributed by atoms with E-state index in [0.717, 1.165) is 38.1 Å². The van der Waals surface area contributed by atoms with Crippen molar-refractivity contribution in [2.45, 2.75) is 12.8 Å². The zero-order valence-corrected chi connectivity index (χ0v) is 15.8. The van der Waals surface area contributed by atoms with E-state index in [1.54, 1.807) is 0 Å². The Kier molecular flexibility index (Phi) is 5.55. The molecular formula is C22H21F2N3O2. The van der Waals surface area contributed by atoms with Gasteiger partial charge < -0.3 is 14.7 Å². The average molecular weight is 397 g/mol. The maximum atomic E-state index is 13.9. The Hall–Kier alpha value is -3.22. The molecule has 0 saturated carbocycles. The number of anilines is 1. The van der Waals surface area contributed by atoms with Crippen LogP contribution in [0, 0.1) is 17.6 Å². The molecule has 7 heteroatoms. The van der Waals surface area contributed by atoms with E-state index in [-0.39, 0.29) is 22.9 Å². The molecule has 1 aliphatic heterocycles. The van der Waals surface area contributed by atoms with Crippen LogP contribution in [0.4, 0.5) is 14.5 Å². The minimum atomic E-state index is -0.765. The number of rotatable bonds is 5. The van der Waals surface area contributed by atoms with Gasteiger partial charge in [-0.3, -0.25) is 4.79 Å². The van der Waals surface area contributed by atoms with Crippen LogP contribution in [0.1, 0.15) is 23.3 Å². The number of aromatic nitrogens is 1. The highest BCUT2D eigenvalue weighted by Crippen LogP contribution is 2.25. The van der Waals surface area contributed by atoms with E-state index < -0.39 is 11.6 Å². The van der Waals surface area contributed by atoms with Gasteiger partial charge in [0.15, 0.2) is 11.5 Å². The Morgan fingerprint density at radius 3 is 2.59 bits per heavy atom. The topological polar surface area (TPSA) is 58.4 Å². The molecule has 1 aliphatic rings. The fraction of sp³-hybridized carbons (Fsp3) is 0.273. The largest absolute Gasteiger partial charge is 0.372 e. The molecule has 150 valence electrons. The van der Waals surface area contributed by atoms with Crippen LogP contribution in [0.3, 0.4) is 0 Å². The summed E-state index contributed by atoms with van der Waals surface area (Å²) in [7, 11) is 0. The number of benzene rings is 2. The summed E-state index contributed by atoms with van der Waals surface area (Å²) in [5, 5.41) is 6.59. The number of para-hydroxylation sites is 1. The number of piperidine rings is 1. The van der Waals surface area contributed by atoms with Gasteiger partial charge >= 0.3 is 0 Å². The number of nitrogens with one attached hydrogen (secondary N) is 1. The fourth-order valence-corrected chi connectivity index (χ4v) is 3.56. The fourth-order valence-electron chi connectivity index (χ4n) is 3.56. The molecule has 0 unspecified atom stereocenters. The van der Waals surface area contributed by atoms with E-state index in [2.05, 4.69) is 27.5 Å². The molecule has 0 atom stereocenters. The maximum absolute atomic E-state index is 13.9. The summed E-state index contributed by atoms with van der Waals surface area (Å²) in [5.41, 5.74) is 1.36. The number of nitrogens with zero attached hydrogens (tertiary/aromatic N) is 2. The van der Waals surface area contributed by atoms with Gasteiger partial charge in [0.25, 0.3) is 5.91 Å². The second kappa shape index (κ2) is 8.43. The summed E-state index contributed by atoms with van der Waals surface area (Å²) in [6, 6.07) is 14.8. The molecular weight excluding hydrogens is 376 g/mol. The predicted octanol–water partition coefficient (Wildman–Crippen LogP) is 4.27. The Morgan fingerprint density at radius 2 is 1.86 bits per heavy atom. The summed E-state index contributed by atoms with van der Waals surface area (Å²) >= 11 is 0. The Bertz CT molecular complexity index is 983. The predicted molar refractivity (Wildman–Crippen MR) is 106 cm³/mol. The van der Waals surface area contributed by atoms with Gasteiger partial charge in [0, 0.05) is 37.5 Å². The SMILES string of the molecule is O=C(NCC1CCN(c2ccccc2)CC1)c1cc(-c2ccc(F)cc2F)on1. The second-order valence-electron chi connectivity index (χ2n) is 7.18. The minimum Gasteiger partial charge on any atom is -0.372 e. The van der Waals surface area contributed by atoms with Gasteiger partial charge in [-0.05, 0) is 43.0 Å². The van der Waals surface area contributed by atoms with Crippen LogP contribution in [0.2, 0.25) is 0 Å². The van der Waals surface area contributed by atoms with E-state index in [0.29, 0.717) is 12.5 Å². The number of carbonyl (C=O) groups is 1. The zero-order chi connectivity index (χ0) is 20.2. The summed E-state index contributed by atoms with van der Waals surface area (Å²) in [6.07, 6.45) is 1.97. The lowest BCUT2D eigenvalue weighted by Crippen LogP contribution is -2.38. The number of hydrogen-bond acceptors (Lipinski definition) is 4. The van der Waals surface area contributed by atoms with Gasteiger partial charge in [0.1, 0.15) is 11.6 Å². The summed E-state index contributed by atoms with van der Waals surface area (Å²) in [6.45, 7) is 2.44. The van der Waals surface area contributed by atoms with Crippen molar-refractivity contribution >= 4 is 11.6 Å². The van der Waals surface area contributed by atoms with Crippen molar-refractivity contribution in [3.63, 3.8) is 0 Å². The van der Waals surface area contributed by atoms with Crippen LogP contribution >= 0.6 is 0 Å². The molecule has 1 amide bonds. The average Bonchev–Trinajstić information content (AvgIpc) is 3.23. The monoisotopic (exact) mass is 397 g/mol. The van der Waals surface area contributed by atoms with E-state index >= 15 is 0 Å². The van der Waals surface area contributed by atoms with E-state index in [9.17, 15) is 13.6 Å². The summed E-state index contributed by atoms with van der Waals surface area (Å²) in [5.74, 6) is -1.34. The molecule has 0 bridgehead atoms. The number of amides is 1. The van der Waals surface area contributed by atoms with Gasteiger partial charge in [-0.1, -0.05) is 23.4 Å². The van der Waals surface area contributed by atoms with E-state index in [1.165, 1.54) is 17.8 Å². The molecule has 2 heterocycles. The minimum absolute atomic E-state index is 0.0613. The summed E-state index contributed by atoms with van der Waals surface area (Å²) in [4.78, 5) is 14.7. The number of carbonyl (C=O) groups excluding carboxylic acids is 1. The molecule has 5 nitrogen and oxygen atoms in total.